The average molecular weight is 224 g/mol. The van der Waals surface area contributed by atoms with Crippen molar-refractivity contribution in [1.29, 1.82) is 0 Å². The van der Waals surface area contributed by atoms with E-state index in [0.717, 1.165) is 6.42 Å². The van der Waals surface area contributed by atoms with Gasteiger partial charge in [-0.25, -0.2) is 0 Å². The van der Waals surface area contributed by atoms with E-state index in [1.165, 1.54) is 0 Å². The molecule has 1 unspecified atom stereocenters. The van der Waals surface area contributed by atoms with Crippen LogP contribution in [0.1, 0.15) is 44.1 Å². The molecule has 4 heteroatoms. The molecule has 0 N–H and O–H groups in total. The molecular weight excluding hydrogens is 204 g/mol. The normalized spacial score (nSPS) is 12.5. The zero-order valence-corrected chi connectivity index (χ0v) is 10.5. The van der Waals surface area contributed by atoms with Crippen molar-refractivity contribution < 1.29 is 9.53 Å². The summed E-state index contributed by atoms with van der Waals surface area (Å²) in [4.78, 5) is 12.1. The van der Waals surface area contributed by atoms with Crippen molar-refractivity contribution in [1.82, 2.24) is 9.78 Å². The first kappa shape index (κ1) is 12.7. The molecule has 1 aromatic rings. The zero-order valence-electron chi connectivity index (χ0n) is 10.5. The number of methoxy groups -OCH3 is 1. The summed E-state index contributed by atoms with van der Waals surface area (Å²) in [5.41, 5.74) is 0.602. The molecular formula is C12H20N2O2. The molecule has 0 spiro atoms. The van der Waals surface area contributed by atoms with Crippen molar-refractivity contribution in [3.8, 4) is 5.75 Å². The van der Waals surface area contributed by atoms with Crippen LogP contribution in [0.5, 0.6) is 5.75 Å². The van der Waals surface area contributed by atoms with Gasteiger partial charge in [0.25, 0.3) is 0 Å². The molecule has 4 nitrogen and oxygen atoms in total. The molecule has 0 saturated carbocycles. The van der Waals surface area contributed by atoms with Gasteiger partial charge in [0.2, 0.25) is 0 Å². The Kier molecular flexibility index (Phi) is 4.52. The number of aryl methyl sites for hydroxylation is 1. The molecule has 0 aliphatic carbocycles. The minimum atomic E-state index is 0.116. The topological polar surface area (TPSA) is 44.1 Å². The summed E-state index contributed by atoms with van der Waals surface area (Å²) < 4.78 is 6.86. The molecule has 0 aliphatic rings. The lowest BCUT2D eigenvalue weighted by Gasteiger charge is -2.09. The lowest BCUT2D eigenvalue weighted by molar-refractivity contribution is 0.0950. The quantitative estimate of drug-likeness (QED) is 0.697. The van der Waals surface area contributed by atoms with Crippen molar-refractivity contribution in [3.05, 3.63) is 11.9 Å². The molecule has 1 rings (SSSR count). The second-order valence-electron chi connectivity index (χ2n) is 4.02. The van der Waals surface area contributed by atoms with Gasteiger partial charge < -0.3 is 4.74 Å². The number of carbonyl (C=O) groups is 1. The molecule has 0 saturated heterocycles. The number of ether oxygens (including phenoxy) is 1. The van der Waals surface area contributed by atoms with Crippen molar-refractivity contribution in [2.45, 2.75) is 40.2 Å². The van der Waals surface area contributed by atoms with Crippen LogP contribution in [-0.2, 0) is 6.54 Å². The van der Waals surface area contributed by atoms with E-state index in [4.69, 9.17) is 4.74 Å². The number of hydrogen-bond donors (Lipinski definition) is 0. The highest BCUT2D eigenvalue weighted by Crippen LogP contribution is 2.21. The van der Waals surface area contributed by atoms with E-state index < -0.39 is 0 Å². The van der Waals surface area contributed by atoms with E-state index in [1.807, 2.05) is 6.92 Å². The molecule has 1 aromatic heterocycles. The van der Waals surface area contributed by atoms with Gasteiger partial charge in [0, 0.05) is 13.0 Å². The highest BCUT2D eigenvalue weighted by molar-refractivity contribution is 5.97. The van der Waals surface area contributed by atoms with Crippen LogP contribution in [0.2, 0.25) is 0 Å². The van der Waals surface area contributed by atoms with Crippen LogP contribution in [0.15, 0.2) is 6.20 Å². The van der Waals surface area contributed by atoms with Gasteiger partial charge in [-0.3, -0.25) is 9.48 Å². The van der Waals surface area contributed by atoms with Gasteiger partial charge in [-0.15, -0.1) is 0 Å². The van der Waals surface area contributed by atoms with Gasteiger partial charge in [0.15, 0.2) is 11.5 Å². The first-order valence-electron chi connectivity index (χ1n) is 5.76. The lowest BCUT2D eigenvalue weighted by Crippen LogP contribution is -2.13. The van der Waals surface area contributed by atoms with E-state index in [0.29, 0.717) is 30.3 Å². The Morgan fingerprint density at radius 3 is 2.75 bits per heavy atom. The van der Waals surface area contributed by atoms with E-state index in [2.05, 4.69) is 18.9 Å². The fraction of sp³-hybridized carbons (Fsp3) is 0.667. The summed E-state index contributed by atoms with van der Waals surface area (Å²) in [5, 5.41) is 4.13. The summed E-state index contributed by atoms with van der Waals surface area (Å²) in [6.07, 6.45) is 3.17. The van der Waals surface area contributed by atoms with Gasteiger partial charge in [0.05, 0.1) is 13.3 Å². The van der Waals surface area contributed by atoms with E-state index in [9.17, 15) is 4.79 Å². The van der Waals surface area contributed by atoms with Crippen LogP contribution < -0.4 is 4.74 Å². The highest BCUT2D eigenvalue weighted by Gasteiger charge is 2.19. The van der Waals surface area contributed by atoms with Crippen LogP contribution in [0.25, 0.3) is 0 Å². The second-order valence-corrected chi connectivity index (χ2v) is 4.02. The Morgan fingerprint density at radius 1 is 1.56 bits per heavy atom. The van der Waals surface area contributed by atoms with Gasteiger partial charge in [-0.1, -0.05) is 20.3 Å². The maximum absolute atomic E-state index is 12.1. The summed E-state index contributed by atoms with van der Waals surface area (Å²) in [7, 11) is 1.57. The highest BCUT2D eigenvalue weighted by atomic mass is 16.5. The molecule has 0 amide bonds. The number of Topliss-reactive ketones (excluding diaryl/α,β-unsaturated/α-hetero) is 1. The molecule has 16 heavy (non-hydrogen) atoms. The summed E-state index contributed by atoms with van der Waals surface area (Å²) in [6, 6.07) is 0. The maximum atomic E-state index is 12.1. The van der Waals surface area contributed by atoms with Gasteiger partial charge in [-0.2, -0.15) is 5.10 Å². The fourth-order valence-electron chi connectivity index (χ4n) is 1.60. The predicted octanol–water partition coefficient (Wildman–Crippen LogP) is 2.53. The monoisotopic (exact) mass is 224 g/mol. The maximum Gasteiger partial charge on any atom is 0.184 e. The van der Waals surface area contributed by atoms with Crippen LogP contribution in [0.3, 0.4) is 0 Å². The smallest absolute Gasteiger partial charge is 0.184 e. The third-order valence-corrected chi connectivity index (χ3v) is 2.82. The third-order valence-electron chi connectivity index (χ3n) is 2.82. The molecule has 0 bridgehead atoms. The van der Waals surface area contributed by atoms with Crippen LogP contribution >= 0.6 is 0 Å². The Bertz CT molecular complexity index is 336. The molecule has 0 fully saturated rings. The predicted molar refractivity (Wildman–Crippen MR) is 62.9 cm³/mol. The number of nitrogens with zero attached hydrogens (tertiary/aromatic N) is 2. The average Bonchev–Trinajstić information content (AvgIpc) is 2.71. The molecule has 90 valence electrons. The summed E-state index contributed by atoms with van der Waals surface area (Å²) >= 11 is 0. The first-order chi connectivity index (χ1) is 7.63. The van der Waals surface area contributed by atoms with Crippen LogP contribution in [0, 0.1) is 5.92 Å². The van der Waals surface area contributed by atoms with Crippen molar-refractivity contribution in [3.63, 3.8) is 0 Å². The van der Waals surface area contributed by atoms with Crippen LogP contribution in [0.4, 0.5) is 0 Å². The Morgan fingerprint density at radius 2 is 2.25 bits per heavy atom. The first-order valence-corrected chi connectivity index (χ1v) is 5.76. The van der Waals surface area contributed by atoms with Crippen molar-refractivity contribution in [2.24, 2.45) is 5.92 Å². The zero-order chi connectivity index (χ0) is 12.1. The van der Waals surface area contributed by atoms with Gasteiger partial charge in [0.1, 0.15) is 5.69 Å². The summed E-state index contributed by atoms with van der Waals surface area (Å²) in [6.45, 7) is 6.82. The van der Waals surface area contributed by atoms with Crippen LogP contribution in [-0.4, -0.2) is 22.7 Å². The van der Waals surface area contributed by atoms with Gasteiger partial charge in [-0.05, 0) is 12.8 Å². The van der Waals surface area contributed by atoms with Crippen molar-refractivity contribution >= 4 is 5.78 Å². The molecule has 0 aliphatic heterocycles. The SMILES string of the molecule is CCC(C)CC(=O)c1c(OC)cnn1CC. The molecule has 0 radical (unpaired) electrons. The number of rotatable bonds is 6. The van der Waals surface area contributed by atoms with E-state index in [-0.39, 0.29) is 5.78 Å². The second kappa shape index (κ2) is 5.68. The number of aromatic nitrogens is 2. The fourth-order valence-corrected chi connectivity index (χ4v) is 1.60. The molecule has 0 aromatic carbocycles. The van der Waals surface area contributed by atoms with E-state index >= 15 is 0 Å². The third kappa shape index (κ3) is 2.62. The largest absolute Gasteiger partial charge is 0.493 e. The Hall–Kier alpha value is -1.32. The number of hydrogen-bond acceptors (Lipinski definition) is 3. The minimum Gasteiger partial charge on any atom is -0.493 e. The Balaban J connectivity index is 2.92. The molecule has 1 atom stereocenters. The van der Waals surface area contributed by atoms with Crippen molar-refractivity contribution in [2.75, 3.05) is 7.11 Å². The summed E-state index contributed by atoms with van der Waals surface area (Å²) in [5.74, 6) is 1.10. The Labute approximate surface area is 96.6 Å². The minimum absolute atomic E-state index is 0.116. The molecule has 1 heterocycles. The van der Waals surface area contributed by atoms with Gasteiger partial charge >= 0.3 is 0 Å². The standard InChI is InChI=1S/C12H20N2O2/c1-5-9(3)7-10(15)12-11(16-4)8-13-14(12)6-2/h8-9H,5-7H2,1-4H3. The number of carbonyl (C=O) groups excluding carboxylic acids is 1. The van der Waals surface area contributed by atoms with E-state index in [1.54, 1.807) is 18.0 Å². The number of ketones is 1. The lowest BCUT2D eigenvalue weighted by atomic mass is 10.0.